The van der Waals surface area contributed by atoms with Gasteiger partial charge in [-0.1, -0.05) is 6.07 Å². The van der Waals surface area contributed by atoms with Crippen LogP contribution in [-0.2, 0) is 9.59 Å². The number of hydrogen-bond acceptors (Lipinski definition) is 5. The van der Waals surface area contributed by atoms with Crippen molar-refractivity contribution in [3.63, 3.8) is 0 Å². The van der Waals surface area contributed by atoms with Gasteiger partial charge >= 0.3 is 0 Å². The molecule has 2 aromatic carbocycles. The van der Waals surface area contributed by atoms with Gasteiger partial charge in [0.05, 0.1) is 6.04 Å². The van der Waals surface area contributed by atoms with E-state index in [1.807, 2.05) is 49.4 Å². The number of likely N-dealkylation sites (tertiary alicyclic amines) is 1. The van der Waals surface area contributed by atoms with Crippen molar-refractivity contribution in [2.45, 2.75) is 32.2 Å². The molecule has 0 bridgehead atoms. The first-order chi connectivity index (χ1) is 17.5. The molecular weight excluding hydrogens is 454 g/mol. The van der Waals surface area contributed by atoms with E-state index in [9.17, 15) is 14.4 Å². The molecule has 0 spiro atoms. The lowest BCUT2D eigenvalue weighted by atomic mass is 10.1. The Labute approximate surface area is 210 Å². The summed E-state index contributed by atoms with van der Waals surface area (Å²) >= 11 is 0. The maximum atomic E-state index is 12.7. The van der Waals surface area contributed by atoms with E-state index in [1.165, 1.54) is 0 Å². The maximum absolute atomic E-state index is 12.7. The number of carbonyl (C=O) groups is 3. The molecular formula is C28H31N5O3. The fraction of sp³-hybridized carbons (Fsp3) is 0.357. The molecule has 2 saturated heterocycles. The van der Waals surface area contributed by atoms with Gasteiger partial charge in [0.1, 0.15) is 0 Å². The molecule has 3 heterocycles. The third-order valence-corrected chi connectivity index (χ3v) is 7.17. The minimum atomic E-state index is -0.157. The molecule has 8 heteroatoms. The van der Waals surface area contributed by atoms with Crippen LogP contribution in [0, 0.1) is 5.92 Å². The Morgan fingerprint density at radius 2 is 1.83 bits per heavy atom. The first-order valence-electron chi connectivity index (χ1n) is 12.6. The van der Waals surface area contributed by atoms with E-state index < -0.39 is 0 Å². The molecule has 186 valence electrons. The molecule has 2 unspecified atom stereocenters. The molecule has 2 N–H and O–H groups in total. The molecule has 0 saturated carbocycles. The van der Waals surface area contributed by atoms with E-state index in [-0.39, 0.29) is 29.7 Å². The molecule has 3 amide bonds. The number of amides is 3. The van der Waals surface area contributed by atoms with E-state index in [0.29, 0.717) is 25.1 Å². The summed E-state index contributed by atoms with van der Waals surface area (Å²) in [6, 6.07) is 14.6. The van der Waals surface area contributed by atoms with Gasteiger partial charge in [0.2, 0.25) is 11.8 Å². The third kappa shape index (κ3) is 5.23. The van der Waals surface area contributed by atoms with Gasteiger partial charge in [-0.15, -0.1) is 0 Å². The average molecular weight is 486 g/mol. The van der Waals surface area contributed by atoms with Gasteiger partial charge in [0.15, 0.2) is 0 Å². The Morgan fingerprint density at radius 1 is 1.06 bits per heavy atom. The summed E-state index contributed by atoms with van der Waals surface area (Å²) in [5, 5.41) is 7.91. The highest BCUT2D eigenvalue weighted by Crippen LogP contribution is 2.26. The number of rotatable bonds is 7. The highest BCUT2D eigenvalue weighted by atomic mass is 16.2. The van der Waals surface area contributed by atoms with E-state index in [2.05, 4.69) is 20.5 Å². The van der Waals surface area contributed by atoms with Gasteiger partial charge in [-0.3, -0.25) is 24.3 Å². The lowest BCUT2D eigenvalue weighted by molar-refractivity contribution is -0.120. The minimum absolute atomic E-state index is 0.0132. The molecule has 3 aromatic rings. The summed E-state index contributed by atoms with van der Waals surface area (Å²) in [5.74, 6) is -0.0951. The molecule has 1 aromatic heterocycles. The maximum Gasteiger partial charge on any atom is 0.251 e. The van der Waals surface area contributed by atoms with Gasteiger partial charge in [0, 0.05) is 60.1 Å². The van der Waals surface area contributed by atoms with Crippen molar-refractivity contribution in [2.75, 3.05) is 36.4 Å². The van der Waals surface area contributed by atoms with Crippen LogP contribution in [0.5, 0.6) is 0 Å². The molecule has 2 aliphatic heterocycles. The number of pyridine rings is 1. The normalized spacial score (nSPS) is 19.0. The van der Waals surface area contributed by atoms with Crippen molar-refractivity contribution >= 4 is 39.9 Å². The molecule has 0 radical (unpaired) electrons. The van der Waals surface area contributed by atoms with Gasteiger partial charge in [0.25, 0.3) is 5.91 Å². The first kappa shape index (κ1) is 23.9. The van der Waals surface area contributed by atoms with Crippen molar-refractivity contribution in [2.24, 2.45) is 5.92 Å². The number of nitrogens with zero attached hydrogens (tertiary/aromatic N) is 3. The van der Waals surface area contributed by atoms with Gasteiger partial charge in [-0.05, 0) is 80.7 Å². The Balaban J connectivity index is 1.14. The number of fused-ring (bicyclic) bond motifs is 1. The number of benzene rings is 2. The fourth-order valence-corrected chi connectivity index (χ4v) is 5.00. The SMILES string of the molecule is CC(C(=O)Nc1ccc(N2CC(CNC(=O)c3ccc4cnccc4c3)CC2=O)cc1)N1CCCC1. The highest BCUT2D eigenvalue weighted by molar-refractivity contribution is 5.99. The van der Waals surface area contributed by atoms with E-state index in [0.717, 1.165) is 48.1 Å². The van der Waals surface area contributed by atoms with E-state index >= 15 is 0 Å². The molecule has 5 rings (SSSR count). The lowest BCUT2D eigenvalue weighted by Gasteiger charge is -2.23. The molecule has 2 aliphatic rings. The van der Waals surface area contributed by atoms with E-state index in [1.54, 1.807) is 23.4 Å². The Morgan fingerprint density at radius 3 is 2.61 bits per heavy atom. The topological polar surface area (TPSA) is 94.6 Å². The van der Waals surface area contributed by atoms with Crippen molar-refractivity contribution in [3.8, 4) is 0 Å². The van der Waals surface area contributed by atoms with E-state index in [4.69, 9.17) is 0 Å². The van der Waals surface area contributed by atoms with Crippen molar-refractivity contribution in [3.05, 3.63) is 66.5 Å². The average Bonchev–Trinajstić information content (AvgIpc) is 3.57. The molecule has 36 heavy (non-hydrogen) atoms. The minimum Gasteiger partial charge on any atom is -0.352 e. The predicted molar refractivity (Wildman–Crippen MR) is 140 cm³/mol. The van der Waals surface area contributed by atoms with Gasteiger partial charge in [-0.2, -0.15) is 0 Å². The Bertz CT molecular complexity index is 1270. The summed E-state index contributed by atoms with van der Waals surface area (Å²) in [7, 11) is 0. The van der Waals surface area contributed by atoms with Crippen LogP contribution in [0.4, 0.5) is 11.4 Å². The van der Waals surface area contributed by atoms with Crippen molar-refractivity contribution < 1.29 is 14.4 Å². The summed E-state index contributed by atoms with van der Waals surface area (Å²) in [6.07, 6.45) is 6.14. The Hall–Kier alpha value is -3.78. The monoisotopic (exact) mass is 485 g/mol. The smallest absolute Gasteiger partial charge is 0.251 e. The van der Waals surface area contributed by atoms with Crippen LogP contribution in [0.1, 0.15) is 36.5 Å². The summed E-state index contributed by atoms with van der Waals surface area (Å²) in [6.45, 7) is 4.84. The van der Waals surface area contributed by atoms with Crippen LogP contribution >= 0.6 is 0 Å². The fourth-order valence-electron chi connectivity index (χ4n) is 5.00. The second-order valence-electron chi connectivity index (χ2n) is 9.68. The molecule has 8 nitrogen and oxygen atoms in total. The largest absolute Gasteiger partial charge is 0.352 e. The van der Waals surface area contributed by atoms with Crippen LogP contribution < -0.4 is 15.5 Å². The van der Waals surface area contributed by atoms with Gasteiger partial charge in [-0.25, -0.2) is 0 Å². The molecule has 0 aliphatic carbocycles. The Kier molecular flexibility index (Phi) is 6.95. The summed E-state index contributed by atoms with van der Waals surface area (Å²) in [5.41, 5.74) is 2.10. The molecule has 2 fully saturated rings. The predicted octanol–water partition coefficient (Wildman–Crippen LogP) is 3.44. The van der Waals surface area contributed by atoms with Crippen molar-refractivity contribution in [1.29, 1.82) is 0 Å². The standard InChI is InChI=1S/C28H31N5O3/c1-19(32-12-2-3-13-32)27(35)31-24-6-8-25(9-7-24)33-18-20(14-26(33)34)16-30-28(36)22-4-5-23-17-29-11-10-21(23)15-22/h4-11,15,17,19-20H,2-3,12-14,16,18H2,1H3,(H,30,36)(H,31,35). The van der Waals surface area contributed by atoms with Gasteiger partial charge < -0.3 is 15.5 Å². The van der Waals surface area contributed by atoms with Crippen molar-refractivity contribution in [1.82, 2.24) is 15.2 Å². The van der Waals surface area contributed by atoms with Crippen LogP contribution in [0.2, 0.25) is 0 Å². The second kappa shape index (κ2) is 10.5. The number of nitrogens with one attached hydrogen (secondary N) is 2. The third-order valence-electron chi connectivity index (χ3n) is 7.17. The first-order valence-corrected chi connectivity index (χ1v) is 12.6. The number of anilines is 2. The second-order valence-corrected chi connectivity index (χ2v) is 9.68. The molecule has 2 atom stereocenters. The lowest BCUT2D eigenvalue weighted by Crippen LogP contribution is -2.40. The highest BCUT2D eigenvalue weighted by Gasteiger charge is 2.31. The number of carbonyl (C=O) groups excluding carboxylic acids is 3. The van der Waals surface area contributed by atoms with Crippen LogP contribution in [0.15, 0.2) is 60.9 Å². The zero-order valence-electron chi connectivity index (χ0n) is 20.4. The summed E-state index contributed by atoms with van der Waals surface area (Å²) < 4.78 is 0. The zero-order chi connectivity index (χ0) is 25.1. The zero-order valence-corrected chi connectivity index (χ0v) is 20.4. The summed E-state index contributed by atoms with van der Waals surface area (Å²) in [4.78, 5) is 46.0. The van der Waals surface area contributed by atoms with Crippen LogP contribution in [0.25, 0.3) is 10.8 Å². The van der Waals surface area contributed by atoms with Crippen LogP contribution in [-0.4, -0.2) is 59.8 Å². The quantitative estimate of drug-likeness (QED) is 0.535. The number of aromatic nitrogens is 1. The number of hydrogen-bond donors (Lipinski definition) is 2. The van der Waals surface area contributed by atoms with Crippen LogP contribution in [0.3, 0.4) is 0 Å².